The van der Waals surface area contributed by atoms with Crippen molar-refractivity contribution in [2.24, 2.45) is 5.92 Å². The van der Waals surface area contributed by atoms with Crippen LogP contribution < -0.4 is 10.6 Å². The number of hydrogen-bond donors (Lipinski definition) is 5. The highest BCUT2D eigenvalue weighted by Crippen LogP contribution is 2.30. The van der Waals surface area contributed by atoms with Gasteiger partial charge in [0.2, 0.25) is 11.8 Å². The highest BCUT2D eigenvalue weighted by molar-refractivity contribution is 6.05. The molecule has 2 aromatic carbocycles. The van der Waals surface area contributed by atoms with Gasteiger partial charge >= 0.3 is 0 Å². The minimum atomic E-state index is -0.959. The van der Waals surface area contributed by atoms with Crippen LogP contribution in [0.15, 0.2) is 66.9 Å². The van der Waals surface area contributed by atoms with E-state index in [1.54, 1.807) is 19.9 Å². The number of pyridine rings is 1. The number of benzene rings is 2. The molecule has 0 aliphatic rings. The SMILES string of the molecule is Cc1c(O)[nH]c(O)c1C(=O)[C@@H](NC(=O)C[C@H](NC(=O)c1cnc2ccccc2c1)c1ccccc1)C(C)C. The number of fused-ring (bicyclic) bond motifs is 1. The maximum atomic E-state index is 13.2. The quantitative estimate of drug-likeness (QED) is 0.212. The van der Waals surface area contributed by atoms with Crippen molar-refractivity contribution in [2.45, 2.75) is 39.3 Å². The first-order chi connectivity index (χ1) is 18.2. The second kappa shape index (κ2) is 11.2. The summed E-state index contributed by atoms with van der Waals surface area (Å²) in [7, 11) is 0. The number of carbonyl (C=O) groups is 3. The third-order valence-electron chi connectivity index (χ3n) is 6.47. The lowest BCUT2D eigenvalue weighted by molar-refractivity contribution is -0.122. The van der Waals surface area contributed by atoms with Crippen LogP contribution in [0.4, 0.5) is 0 Å². The Balaban J connectivity index is 1.54. The molecule has 38 heavy (non-hydrogen) atoms. The molecule has 5 N–H and O–H groups in total. The van der Waals surface area contributed by atoms with E-state index in [1.807, 2.05) is 54.6 Å². The fourth-order valence-corrected chi connectivity index (χ4v) is 4.35. The van der Waals surface area contributed by atoms with E-state index in [-0.39, 0.29) is 35.3 Å². The van der Waals surface area contributed by atoms with E-state index in [9.17, 15) is 24.6 Å². The average molecular weight is 515 g/mol. The Morgan fingerprint density at radius 2 is 1.63 bits per heavy atom. The lowest BCUT2D eigenvalue weighted by atomic mass is 9.93. The zero-order valence-corrected chi connectivity index (χ0v) is 21.4. The molecule has 9 nitrogen and oxygen atoms in total. The highest BCUT2D eigenvalue weighted by Gasteiger charge is 2.31. The number of nitrogens with one attached hydrogen (secondary N) is 3. The van der Waals surface area contributed by atoms with Gasteiger partial charge in [-0.2, -0.15) is 0 Å². The molecule has 2 amide bonds. The summed E-state index contributed by atoms with van der Waals surface area (Å²) in [4.78, 5) is 46.3. The van der Waals surface area contributed by atoms with Crippen molar-refractivity contribution in [1.29, 1.82) is 0 Å². The Morgan fingerprint density at radius 1 is 0.947 bits per heavy atom. The van der Waals surface area contributed by atoms with Crippen LogP contribution in [0.5, 0.6) is 11.8 Å². The fourth-order valence-electron chi connectivity index (χ4n) is 4.35. The molecule has 0 bridgehead atoms. The summed E-state index contributed by atoms with van der Waals surface area (Å²) in [6, 6.07) is 16.7. The Hall–Kier alpha value is -4.66. The van der Waals surface area contributed by atoms with Gasteiger partial charge in [0.1, 0.15) is 0 Å². The van der Waals surface area contributed by atoms with Crippen LogP contribution in [0.2, 0.25) is 0 Å². The molecular weight excluding hydrogens is 484 g/mol. The Labute approximate surface area is 219 Å². The second-order valence-electron chi connectivity index (χ2n) is 9.53. The number of hydrogen-bond acceptors (Lipinski definition) is 6. The van der Waals surface area contributed by atoms with Gasteiger partial charge in [-0.25, -0.2) is 0 Å². The summed E-state index contributed by atoms with van der Waals surface area (Å²) in [6.07, 6.45) is 1.37. The molecule has 2 aromatic heterocycles. The van der Waals surface area contributed by atoms with Gasteiger partial charge in [0.15, 0.2) is 11.7 Å². The zero-order chi connectivity index (χ0) is 27.4. The average Bonchev–Trinajstić information content (AvgIpc) is 3.17. The third-order valence-corrected chi connectivity index (χ3v) is 6.47. The molecule has 0 radical (unpaired) electrons. The van der Waals surface area contributed by atoms with Gasteiger partial charge < -0.3 is 20.8 Å². The second-order valence-corrected chi connectivity index (χ2v) is 9.53. The van der Waals surface area contributed by atoms with E-state index >= 15 is 0 Å². The van der Waals surface area contributed by atoms with E-state index in [1.165, 1.54) is 13.1 Å². The first-order valence-electron chi connectivity index (χ1n) is 12.3. The molecule has 0 unspecified atom stereocenters. The third kappa shape index (κ3) is 5.67. The molecule has 2 atom stereocenters. The molecule has 4 aromatic rings. The number of carbonyl (C=O) groups excluding carboxylic acids is 3. The standard InChI is InChI=1S/C29H30N4O5/c1-16(2)25(26(35)24-17(3)27(36)33-29(24)38)32-23(34)14-22(18-9-5-4-6-10-18)31-28(37)20-13-19-11-7-8-12-21(19)30-15-20/h4-13,15-16,22,25,33,36,38H,14H2,1-3H3,(H,31,37)(H,32,34)/t22-,25-/m0/s1. The van der Waals surface area contributed by atoms with Crippen LogP contribution in [0.25, 0.3) is 10.9 Å². The minimum absolute atomic E-state index is 0.0711. The molecule has 0 fully saturated rings. The number of rotatable bonds is 9. The summed E-state index contributed by atoms with van der Waals surface area (Å²) < 4.78 is 0. The maximum absolute atomic E-state index is 13.2. The van der Waals surface area contributed by atoms with Crippen molar-refractivity contribution in [2.75, 3.05) is 0 Å². The summed E-state index contributed by atoms with van der Waals surface area (Å²) in [6.45, 7) is 5.04. The molecule has 0 saturated heterocycles. The lowest BCUT2D eigenvalue weighted by Crippen LogP contribution is -2.45. The van der Waals surface area contributed by atoms with Crippen molar-refractivity contribution in [1.82, 2.24) is 20.6 Å². The van der Waals surface area contributed by atoms with E-state index in [2.05, 4.69) is 20.6 Å². The molecule has 196 valence electrons. The smallest absolute Gasteiger partial charge is 0.253 e. The number of para-hydroxylation sites is 1. The molecule has 2 heterocycles. The monoisotopic (exact) mass is 514 g/mol. The lowest BCUT2D eigenvalue weighted by Gasteiger charge is -2.24. The molecular formula is C29H30N4O5. The molecule has 0 aliphatic carbocycles. The predicted molar refractivity (Wildman–Crippen MR) is 143 cm³/mol. The number of H-pyrrole nitrogens is 1. The van der Waals surface area contributed by atoms with Gasteiger partial charge in [-0.05, 0) is 30.5 Å². The normalized spacial score (nSPS) is 12.7. The number of amides is 2. The van der Waals surface area contributed by atoms with Crippen molar-refractivity contribution < 1.29 is 24.6 Å². The van der Waals surface area contributed by atoms with E-state index in [0.717, 1.165) is 16.5 Å². The van der Waals surface area contributed by atoms with Gasteiger partial charge in [-0.15, -0.1) is 0 Å². The first kappa shape index (κ1) is 26.4. The van der Waals surface area contributed by atoms with Gasteiger partial charge in [-0.3, -0.25) is 24.4 Å². The molecule has 9 heteroatoms. The van der Waals surface area contributed by atoms with Crippen molar-refractivity contribution >= 4 is 28.5 Å². The summed E-state index contributed by atoms with van der Waals surface area (Å²) >= 11 is 0. The zero-order valence-electron chi connectivity index (χ0n) is 21.4. The number of aromatic amines is 1. The van der Waals surface area contributed by atoms with Crippen molar-refractivity contribution in [3.8, 4) is 11.8 Å². The van der Waals surface area contributed by atoms with Gasteiger partial charge in [-0.1, -0.05) is 62.4 Å². The van der Waals surface area contributed by atoms with E-state index in [0.29, 0.717) is 5.56 Å². The number of ketones is 1. The van der Waals surface area contributed by atoms with Crippen LogP contribution in [0.1, 0.15) is 58.2 Å². The van der Waals surface area contributed by atoms with Crippen LogP contribution in [0, 0.1) is 12.8 Å². The van der Waals surface area contributed by atoms with Crippen molar-refractivity contribution in [3.05, 3.63) is 89.1 Å². The number of aromatic hydroxyl groups is 2. The first-order valence-corrected chi connectivity index (χ1v) is 12.3. The van der Waals surface area contributed by atoms with Crippen LogP contribution in [-0.4, -0.2) is 43.8 Å². The molecule has 0 aliphatic heterocycles. The summed E-state index contributed by atoms with van der Waals surface area (Å²) in [5.41, 5.74) is 1.98. The number of aromatic nitrogens is 2. The Morgan fingerprint density at radius 3 is 2.29 bits per heavy atom. The fraction of sp³-hybridized carbons (Fsp3) is 0.241. The largest absolute Gasteiger partial charge is 0.494 e. The minimum Gasteiger partial charge on any atom is -0.494 e. The number of Topliss-reactive ketones (excluding diaryl/α,β-unsaturated/α-hetero) is 1. The van der Waals surface area contributed by atoms with Crippen LogP contribution in [-0.2, 0) is 4.79 Å². The Kier molecular flexibility index (Phi) is 7.76. The van der Waals surface area contributed by atoms with Gasteiger partial charge in [0.05, 0.1) is 35.1 Å². The molecule has 0 saturated carbocycles. The van der Waals surface area contributed by atoms with Gasteiger partial charge in [0, 0.05) is 17.1 Å². The predicted octanol–water partition coefficient (Wildman–Crippen LogP) is 4.17. The van der Waals surface area contributed by atoms with Crippen LogP contribution >= 0.6 is 0 Å². The maximum Gasteiger partial charge on any atom is 0.253 e. The molecule has 4 rings (SSSR count). The van der Waals surface area contributed by atoms with Crippen LogP contribution in [0.3, 0.4) is 0 Å². The highest BCUT2D eigenvalue weighted by atomic mass is 16.3. The van der Waals surface area contributed by atoms with E-state index in [4.69, 9.17) is 0 Å². The van der Waals surface area contributed by atoms with Gasteiger partial charge in [0.25, 0.3) is 5.91 Å². The molecule has 0 spiro atoms. The Bertz CT molecular complexity index is 1480. The van der Waals surface area contributed by atoms with Crippen molar-refractivity contribution in [3.63, 3.8) is 0 Å². The number of nitrogens with zero attached hydrogens (tertiary/aromatic N) is 1. The summed E-state index contributed by atoms with van der Waals surface area (Å²) in [5, 5.41) is 26.5. The summed E-state index contributed by atoms with van der Waals surface area (Å²) in [5.74, 6) is -2.44. The van der Waals surface area contributed by atoms with E-state index < -0.39 is 29.7 Å². The topological polar surface area (TPSA) is 144 Å².